The second-order valence-corrected chi connectivity index (χ2v) is 16.3. The molecule has 2 aromatic rings. The van der Waals surface area contributed by atoms with Crippen molar-refractivity contribution in [2.75, 3.05) is 51.1 Å². The largest absolute Gasteiger partial charge is 0.444 e. The van der Waals surface area contributed by atoms with E-state index in [1.165, 1.54) is 32.9 Å². The van der Waals surface area contributed by atoms with Crippen molar-refractivity contribution in [3.63, 3.8) is 0 Å². The third-order valence-corrected chi connectivity index (χ3v) is 10.4. The van der Waals surface area contributed by atoms with Gasteiger partial charge >= 0.3 is 6.09 Å². The van der Waals surface area contributed by atoms with Crippen LogP contribution in [0, 0.1) is 0 Å². The molecule has 0 saturated heterocycles. The van der Waals surface area contributed by atoms with E-state index in [0.717, 1.165) is 37.9 Å². The van der Waals surface area contributed by atoms with E-state index in [1.54, 1.807) is 0 Å². The molecule has 1 heterocycles. The first-order valence-corrected chi connectivity index (χ1v) is 16.5. The molecule has 0 aromatic heterocycles. The number of amides is 1. The minimum absolute atomic E-state index is 0.338. The fourth-order valence-corrected chi connectivity index (χ4v) is 7.87. The molecule has 2 aromatic carbocycles. The zero-order chi connectivity index (χ0) is 27.4. The van der Waals surface area contributed by atoms with Gasteiger partial charge in [-0.2, -0.15) is 0 Å². The van der Waals surface area contributed by atoms with Crippen molar-refractivity contribution in [3.05, 3.63) is 47.5 Å². The molecule has 0 aliphatic carbocycles. The summed E-state index contributed by atoms with van der Waals surface area (Å²) in [6.45, 7) is 12.0. The van der Waals surface area contributed by atoms with Gasteiger partial charge in [-0.25, -0.2) is 4.79 Å². The lowest BCUT2D eigenvalue weighted by Crippen LogP contribution is -2.60. The van der Waals surface area contributed by atoms with E-state index in [1.807, 2.05) is 20.8 Å². The second kappa shape index (κ2) is 11.7. The molecular formula is C30H46N4O2Si. The summed E-state index contributed by atoms with van der Waals surface area (Å²) >= 11 is 0. The van der Waals surface area contributed by atoms with E-state index in [9.17, 15) is 4.79 Å². The lowest BCUT2D eigenvalue weighted by atomic mass is 9.99. The number of alkyl carbamates (subject to hydrolysis) is 1. The normalized spacial score (nSPS) is 13.9. The Morgan fingerprint density at radius 1 is 0.865 bits per heavy atom. The lowest BCUT2D eigenvalue weighted by molar-refractivity contribution is 0.0527. The molecule has 1 aliphatic rings. The van der Waals surface area contributed by atoms with E-state index >= 15 is 0 Å². The number of benzene rings is 2. The van der Waals surface area contributed by atoms with Crippen LogP contribution in [-0.2, 0) is 4.74 Å². The van der Waals surface area contributed by atoms with Crippen LogP contribution in [-0.4, -0.2) is 66.8 Å². The van der Waals surface area contributed by atoms with Crippen LogP contribution in [0.25, 0.3) is 0 Å². The van der Waals surface area contributed by atoms with Gasteiger partial charge in [-0.1, -0.05) is 38.1 Å². The highest BCUT2D eigenvalue weighted by atomic mass is 28.3. The highest BCUT2D eigenvalue weighted by Crippen LogP contribution is 2.26. The van der Waals surface area contributed by atoms with Gasteiger partial charge in [-0.15, -0.1) is 0 Å². The van der Waals surface area contributed by atoms with E-state index in [4.69, 9.17) is 9.73 Å². The summed E-state index contributed by atoms with van der Waals surface area (Å²) in [5, 5.41) is 5.78. The molecule has 37 heavy (non-hydrogen) atoms. The number of rotatable bonds is 9. The van der Waals surface area contributed by atoms with Crippen LogP contribution < -0.4 is 25.5 Å². The Morgan fingerprint density at radius 3 is 1.86 bits per heavy atom. The van der Waals surface area contributed by atoms with Crippen LogP contribution in [0.2, 0.25) is 13.1 Å². The number of unbranched alkanes of at least 4 members (excludes halogenated alkanes) is 3. The monoisotopic (exact) mass is 522 g/mol. The van der Waals surface area contributed by atoms with E-state index < -0.39 is 13.7 Å². The summed E-state index contributed by atoms with van der Waals surface area (Å²) in [6.07, 6.45) is 3.79. The Balaban J connectivity index is 1.72. The molecule has 0 radical (unpaired) electrons. The Hall–Kier alpha value is -2.80. The zero-order valence-corrected chi connectivity index (χ0v) is 25.4. The van der Waals surface area contributed by atoms with Crippen LogP contribution in [0.3, 0.4) is 0 Å². The number of carbonyl (C=O) groups excluding carboxylic acids is 1. The molecule has 1 aliphatic heterocycles. The van der Waals surface area contributed by atoms with Crippen molar-refractivity contribution in [2.45, 2.75) is 65.1 Å². The van der Waals surface area contributed by atoms with E-state index in [-0.39, 0.29) is 6.09 Å². The van der Waals surface area contributed by atoms with Gasteiger partial charge in [0.05, 0.1) is 5.71 Å². The Morgan fingerprint density at radius 2 is 1.38 bits per heavy atom. The smallest absolute Gasteiger partial charge is 0.407 e. The summed E-state index contributed by atoms with van der Waals surface area (Å²) in [4.78, 5) is 21.3. The third-order valence-electron chi connectivity index (χ3n) is 6.92. The van der Waals surface area contributed by atoms with Gasteiger partial charge in [-0.05, 0) is 68.3 Å². The molecule has 0 atom stereocenters. The summed E-state index contributed by atoms with van der Waals surface area (Å²) in [7, 11) is 6.52. The molecule has 3 rings (SSSR count). The van der Waals surface area contributed by atoms with Gasteiger partial charge in [0.15, 0.2) is 0 Å². The molecule has 7 heteroatoms. The van der Waals surface area contributed by atoms with Crippen molar-refractivity contribution in [2.24, 2.45) is 4.99 Å². The topological polar surface area (TPSA) is 57.2 Å². The number of nitrogens with zero attached hydrogens (tertiary/aromatic N) is 3. The highest BCUT2D eigenvalue weighted by molar-refractivity contribution is 7.02. The van der Waals surface area contributed by atoms with Crippen molar-refractivity contribution >= 4 is 41.6 Å². The van der Waals surface area contributed by atoms with Gasteiger partial charge in [0, 0.05) is 63.8 Å². The average molecular weight is 523 g/mol. The van der Waals surface area contributed by atoms with Crippen LogP contribution in [0.15, 0.2) is 41.4 Å². The van der Waals surface area contributed by atoms with Gasteiger partial charge < -0.3 is 19.9 Å². The van der Waals surface area contributed by atoms with Crippen molar-refractivity contribution < 1.29 is 9.53 Å². The number of hydrogen-bond donors (Lipinski definition) is 1. The predicted molar refractivity (Wildman–Crippen MR) is 161 cm³/mol. The van der Waals surface area contributed by atoms with Gasteiger partial charge in [0.25, 0.3) is 0 Å². The van der Waals surface area contributed by atoms with Gasteiger partial charge in [0.2, 0.25) is 0 Å². The van der Waals surface area contributed by atoms with Gasteiger partial charge in [0.1, 0.15) is 13.7 Å². The Bertz CT molecular complexity index is 1070. The molecule has 0 bridgehead atoms. The lowest BCUT2D eigenvalue weighted by Gasteiger charge is -2.36. The third kappa shape index (κ3) is 7.16. The molecule has 202 valence electrons. The molecule has 0 unspecified atom stereocenters. The average Bonchev–Trinajstić information content (AvgIpc) is 2.80. The van der Waals surface area contributed by atoms with Crippen molar-refractivity contribution in [1.29, 1.82) is 0 Å². The Kier molecular flexibility index (Phi) is 9.11. The number of aliphatic imine (C=N–C) groups is 1. The van der Waals surface area contributed by atoms with Crippen molar-refractivity contribution in [3.8, 4) is 0 Å². The standard InChI is InChI=1S/C30H46N4O2Si/c1-30(2,3)36-29(35)32-19-13-11-10-12-18-31-28-24-16-14-22(33(4)5)20-26(24)37(8,9)27-21-23(34(6)7)15-17-25(27)28/h14-17,20-21H,10-13,18-19H2,1-9H3,(H,32,35). The van der Waals surface area contributed by atoms with Crippen LogP contribution in [0.4, 0.5) is 16.2 Å². The fraction of sp³-hybridized carbons (Fsp3) is 0.533. The quantitative estimate of drug-likeness (QED) is 0.377. The minimum Gasteiger partial charge on any atom is -0.444 e. The molecule has 1 amide bonds. The van der Waals surface area contributed by atoms with Crippen LogP contribution in [0.5, 0.6) is 0 Å². The molecular weight excluding hydrogens is 476 g/mol. The molecule has 6 nitrogen and oxygen atoms in total. The molecule has 0 spiro atoms. The second-order valence-electron chi connectivity index (χ2n) is 11.9. The first kappa shape index (κ1) is 28.8. The van der Waals surface area contributed by atoms with E-state index in [0.29, 0.717) is 6.54 Å². The molecule has 0 saturated carbocycles. The maximum Gasteiger partial charge on any atom is 0.407 e. The van der Waals surface area contributed by atoms with Crippen molar-refractivity contribution in [1.82, 2.24) is 5.32 Å². The number of anilines is 2. The summed E-state index contributed by atoms with van der Waals surface area (Å²) < 4.78 is 5.29. The van der Waals surface area contributed by atoms with Gasteiger partial charge in [-0.3, -0.25) is 4.99 Å². The maximum absolute atomic E-state index is 11.8. The highest BCUT2D eigenvalue weighted by Gasteiger charge is 2.38. The first-order valence-electron chi connectivity index (χ1n) is 13.5. The fourth-order valence-electron chi connectivity index (χ4n) is 4.81. The number of ether oxygens (including phenoxy) is 1. The molecule has 0 fully saturated rings. The summed E-state index contributed by atoms with van der Waals surface area (Å²) in [5.41, 5.74) is 5.76. The zero-order valence-electron chi connectivity index (χ0n) is 24.4. The Labute approximate surface area is 225 Å². The number of carbonyl (C=O) groups is 1. The first-order chi connectivity index (χ1) is 17.3. The number of fused-ring (bicyclic) bond motifs is 2. The van der Waals surface area contributed by atoms with Crippen LogP contribution >= 0.6 is 0 Å². The maximum atomic E-state index is 11.8. The number of nitrogens with one attached hydrogen (secondary N) is 1. The van der Waals surface area contributed by atoms with Crippen LogP contribution in [0.1, 0.15) is 57.6 Å². The summed E-state index contributed by atoms with van der Waals surface area (Å²) in [5.74, 6) is 0. The number of hydrogen-bond acceptors (Lipinski definition) is 5. The van der Waals surface area contributed by atoms with E-state index in [2.05, 4.69) is 92.8 Å². The SMILES string of the molecule is CN(C)c1ccc2c(c1)[Si](C)(C)c1cc(N(C)C)ccc1C2=NCCCCCCNC(=O)OC(C)(C)C. The molecule has 1 N–H and O–H groups in total. The minimum atomic E-state index is -1.90. The summed E-state index contributed by atoms with van der Waals surface area (Å²) in [6, 6.07) is 13.8. The predicted octanol–water partition coefficient (Wildman–Crippen LogP) is 4.88.